The van der Waals surface area contributed by atoms with E-state index in [4.69, 9.17) is 91.0 Å². The molecule has 0 atom stereocenters. The molecular weight excluding hydrogens is 1170 g/mol. The van der Waals surface area contributed by atoms with Gasteiger partial charge in [-0.3, -0.25) is 0 Å². The molecule has 18 nitrogen and oxygen atoms in total. The van der Waals surface area contributed by atoms with Gasteiger partial charge in [-0.15, -0.1) is 0 Å². The lowest BCUT2D eigenvalue weighted by Gasteiger charge is -2.25. The number of hydrogen-bond donors (Lipinski definition) is 4. The van der Waals surface area contributed by atoms with Gasteiger partial charge in [0.05, 0.1) is 64.0 Å². The van der Waals surface area contributed by atoms with E-state index < -0.39 is 25.0 Å². The molecular formula is C62H72BCl4N9O9. The van der Waals surface area contributed by atoms with Gasteiger partial charge in [0.25, 0.3) is 0 Å². The molecule has 0 fully saturated rings. The van der Waals surface area contributed by atoms with E-state index >= 15 is 0 Å². The Labute approximate surface area is 517 Å². The quantitative estimate of drug-likeness (QED) is 0.0657. The summed E-state index contributed by atoms with van der Waals surface area (Å²) in [7, 11) is 8.12. The molecule has 0 aliphatic heterocycles. The molecule has 0 saturated heterocycles. The molecule has 3 aromatic heterocycles. The van der Waals surface area contributed by atoms with Crippen LogP contribution in [0.2, 0.25) is 20.2 Å². The number of rotatable bonds is 12. The zero-order valence-electron chi connectivity index (χ0n) is 47.8. The van der Waals surface area contributed by atoms with Crippen molar-refractivity contribution in [1.82, 2.24) is 29.9 Å². The Kier molecular flexibility index (Phi) is 27.8. The van der Waals surface area contributed by atoms with Crippen LogP contribution in [0.15, 0.2) is 127 Å². The average Bonchev–Trinajstić information content (AvgIpc) is 3.66. The number of anilines is 3. The van der Waals surface area contributed by atoms with Gasteiger partial charge in [-0.2, -0.15) is 0 Å². The van der Waals surface area contributed by atoms with E-state index in [9.17, 15) is 19.5 Å². The highest BCUT2D eigenvalue weighted by atomic mass is 35.5. The summed E-state index contributed by atoms with van der Waals surface area (Å²) >= 11 is 23.7. The third-order valence-electron chi connectivity index (χ3n) is 12.7. The van der Waals surface area contributed by atoms with Crippen LogP contribution in [0.5, 0.6) is 0 Å². The third-order valence-corrected chi connectivity index (χ3v) is 13.7. The predicted octanol–water partition coefficient (Wildman–Crippen LogP) is 12.9. The minimum atomic E-state index is -1.41. The number of esters is 2. The van der Waals surface area contributed by atoms with Gasteiger partial charge in [-0.25, -0.2) is 44.3 Å². The van der Waals surface area contributed by atoms with Crippen LogP contribution in [0, 0.1) is 0 Å². The van der Waals surface area contributed by atoms with Gasteiger partial charge < -0.3 is 44.4 Å². The number of carbonyl (C=O) groups excluding carboxylic acids is 2. The van der Waals surface area contributed by atoms with Gasteiger partial charge in [-0.05, 0) is 138 Å². The Balaban J connectivity index is 0.000000303. The number of carboxylic acid groups (broad SMARTS) is 1. The number of aliphatic hydroxyl groups excluding tert-OH is 1. The molecule has 0 saturated carbocycles. The number of methoxy groups -OCH3 is 2. The summed E-state index contributed by atoms with van der Waals surface area (Å²) in [4.78, 5) is 68.4. The zero-order valence-corrected chi connectivity index (χ0v) is 50.8. The number of aliphatic hydroxyl groups is 1. The summed E-state index contributed by atoms with van der Waals surface area (Å²) in [5.74, 6) is 0.265. The molecule has 0 unspecified atom stereocenters. The van der Waals surface area contributed by atoms with Crippen LogP contribution in [0.3, 0.4) is 0 Å². The first-order valence-corrected chi connectivity index (χ1v) is 27.2. The fourth-order valence-corrected chi connectivity index (χ4v) is 8.07. The molecule has 85 heavy (non-hydrogen) atoms. The largest absolute Gasteiger partial charge is 0.488 e. The number of ether oxygens (including phenoxy) is 2. The lowest BCUT2D eigenvalue weighted by molar-refractivity contribution is 0.0592. The molecule has 450 valence electrons. The maximum absolute atomic E-state index is 11.8. The summed E-state index contributed by atoms with van der Waals surface area (Å²) in [5.41, 5.74) is 8.70. The van der Waals surface area contributed by atoms with Crippen LogP contribution in [-0.2, 0) is 9.47 Å². The van der Waals surface area contributed by atoms with Crippen molar-refractivity contribution in [1.29, 1.82) is 0 Å². The van der Waals surface area contributed by atoms with Crippen LogP contribution < -0.4 is 20.2 Å². The number of carboxylic acids is 1. The van der Waals surface area contributed by atoms with Gasteiger partial charge in [0.2, 0.25) is 0 Å². The third kappa shape index (κ3) is 18.9. The van der Waals surface area contributed by atoms with Gasteiger partial charge in [-0.1, -0.05) is 97.7 Å². The fourth-order valence-electron chi connectivity index (χ4n) is 7.42. The Hall–Kier alpha value is -7.75. The summed E-state index contributed by atoms with van der Waals surface area (Å²) in [6, 6.07) is 37.0. The van der Waals surface area contributed by atoms with Crippen molar-refractivity contribution >= 4 is 127 Å². The van der Waals surface area contributed by atoms with Crippen molar-refractivity contribution in [3.05, 3.63) is 164 Å². The van der Waals surface area contributed by atoms with Crippen LogP contribution in [0.25, 0.3) is 55.6 Å². The van der Waals surface area contributed by atoms with Crippen LogP contribution in [0.1, 0.15) is 87.5 Å². The van der Waals surface area contributed by atoms with Crippen LogP contribution in [-0.4, -0.2) is 136 Å². The number of benzene rings is 6. The van der Waals surface area contributed by atoms with Crippen molar-refractivity contribution in [2.24, 2.45) is 0 Å². The van der Waals surface area contributed by atoms with E-state index in [0.717, 1.165) is 35.4 Å². The molecule has 0 spiro atoms. The molecule has 3 heterocycles. The van der Waals surface area contributed by atoms with Crippen molar-refractivity contribution in [2.45, 2.75) is 74.5 Å². The first kappa shape index (κ1) is 71.5. The summed E-state index contributed by atoms with van der Waals surface area (Å²) in [6.45, 7) is 12.4. The maximum atomic E-state index is 11.8. The van der Waals surface area contributed by atoms with Crippen molar-refractivity contribution in [3.8, 4) is 22.5 Å². The topological polar surface area (TPSA) is 238 Å². The summed E-state index contributed by atoms with van der Waals surface area (Å²) in [5, 5.41) is 35.7. The number of aromatic nitrogens is 6. The fraction of sp³-hybridized carbons (Fsp3) is 0.274. The van der Waals surface area contributed by atoms with E-state index in [1.165, 1.54) is 20.3 Å². The number of halogens is 4. The molecule has 0 aliphatic carbocycles. The Morgan fingerprint density at radius 2 is 0.753 bits per heavy atom. The van der Waals surface area contributed by atoms with Gasteiger partial charge in [0.1, 0.15) is 11.4 Å². The van der Waals surface area contributed by atoms with E-state index in [2.05, 4.69) is 42.6 Å². The molecule has 4 N–H and O–H groups in total. The number of carbonyl (C=O) groups is 3. The minimum Gasteiger partial charge on any atom is -0.478 e. The Morgan fingerprint density at radius 1 is 0.447 bits per heavy atom. The monoisotopic (exact) mass is 1240 g/mol. The van der Waals surface area contributed by atoms with Crippen molar-refractivity contribution in [2.75, 3.05) is 57.2 Å². The van der Waals surface area contributed by atoms with Crippen molar-refractivity contribution in [3.63, 3.8) is 0 Å². The van der Waals surface area contributed by atoms with Gasteiger partial charge in [0, 0.05) is 72.6 Å². The maximum Gasteiger partial charge on any atom is 0.488 e. The molecule has 0 aliphatic rings. The van der Waals surface area contributed by atoms with Gasteiger partial charge >= 0.3 is 25.0 Å². The first-order valence-electron chi connectivity index (χ1n) is 25.7. The Bertz CT molecular complexity index is 3680. The lowest BCUT2D eigenvalue weighted by Crippen LogP contribution is -2.29. The van der Waals surface area contributed by atoms with Crippen LogP contribution in [0.4, 0.5) is 17.5 Å². The summed E-state index contributed by atoms with van der Waals surface area (Å²) in [6.07, 6.45) is 0. The second-order valence-electron chi connectivity index (χ2n) is 19.1. The SMILES string of the molecule is C.C.CC(C)N(C)c1nc2cc(C(=O)O)ccc2nc1-c1ccc(Cl)cc1.CO.COC(=O)c1ccc2nc(-c3ccc(Cl)cc3)c(N(C)C(C)C)nc2c1.COC(=O)c1ccc2nc(Cl)c(N(C)C(C)C)nc2c1.OB(O)c1ccc(Cl)cc1. The molecule has 0 bridgehead atoms. The average molecular weight is 1240 g/mol. The summed E-state index contributed by atoms with van der Waals surface area (Å²) < 4.78 is 9.50. The second kappa shape index (κ2) is 33.1. The number of aromatic carboxylic acids is 1. The predicted molar refractivity (Wildman–Crippen MR) is 348 cm³/mol. The van der Waals surface area contributed by atoms with E-state index in [-0.39, 0.29) is 38.5 Å². The zero-order chi connectivity index (χ0) is 61.4. The minimum absolute atomic E-state index is 0. The highest BCUT2D eigenvalue weighted by Gasteiger charge is 2.21. The van der Waals surface area contributed by atoms with Crippen molar-refractivity contribution < 1.29 is 44.1 Å². The van der Waals surface area contributed by atoms with Gasteiger partial charge in [0.15, 0.2) is 22.6 Å². The molecule has 0 radical (unpaired) electrons. The van der Waals surface area contributed by atoms with E-state index in [1.807, 2.05) is 93.3 Å². The number of fused-ring (bicyclic) bond motifs is 3. The highest BCUT2D eigenvalue weighted by Crippen LogP contribution is 2.33. The number of nitrogens with zero attached hydrogens (tertiary/aromatic N) is 9. The normalized spacial score (nSPS) is 10.4. The smallest absolute Gasteiger partial charge is 0.478 e. The lowest BCUT2D eigenvalue weighted by atomic mass is 9.81. The van der Waals surface area contributed by atoms with E-state index in [0.29, 0.717) is 81.5 Å². The standard InChI is InChI=1S/C20H20ClN3O2.C19H18ClN3O2.C14H16ClN3O2.C6H6BClO2.CH4O.2CH4/c1-12(2)24(3)19-18(13-5-8-15(21)9-6-13)22-16-10-7-14(20(25)26-4)11-17(16)23-19;1-11(2)23(3)18-17(12-4-7-14(20)8-5-12)21-15-9-6-13(19(24)25)10-16(15)22-18;1-8(2)18(3)13-12(15)16-10-6-5-9(14(19)20-4)7-11(10)17-13;8-6-3-1-5(2-4-6)7(9)10;1-2;;/h5-12H,1-4H3;4-11H,1-3H3,(H,24,25);5-8H,1-4H3;1-4,9-10H;2H,1H3;2*1H4. The highest BCUT2D eigenvalue weighted by molar-refractivity contribution is 6.58. The molecule has 6 aromatic carbocycles. The molecule has 0 amide bonds. The molecule has 9 rings (SSSR count). The van der Waals surface area contributed by atoms with Crippen LogP contribution >= 0.6 is 46.4 Å². The molecule has 23 heteroatoms. The second-order valence-corrected chi connectivity index (χ2v) is 20.7. The first-order chi connectivity index (χ1) is 39.4. The number of hydrogen-bond acceptors (Lipinski definition) is 17. The molecule has 9 aromatic rings. The Morgan fingerprint density at radius 3 is 1.08 bits per heavy atom. The van der Waals surface area contributed by atoms with E-state index in [1.54, 1.807) is 72.8 Å².